The molecule has 3 heterocycles. The van der Waals surface area contributed by atoms with Crippen LogP contribution in [0.25, 0.3) is 11.2 Å². The molecular formula is C18H13ClF3N5. The number of nitrogens with zero attached hydrogens (tertiary/aromatic N) is 5. The minimum absolute atomic E-state index is 0.367. The highest BCUT2D eigenvalue weighted by Gasteiger charge is 2.34. The molecular weight excluding hydrogens is 379 g/mol. The van der Waals surface area contributed by atoms with Crippen molar-refractivity contribution in [2.45, 2.75) is 19.5 Å². The van der Waals surface area contributed by atoms with Crippen molar-refractivity contribution in [2.75, 3.05) is 0 Å². The van der Waals surface area contributed by atoms with E-state index in [1.165, 1.54) is 4.68 Å². The van der Waals surface area contributed by atoms with Crippen molar-refractivity contribution < 1.29 is 13.2 Å². The van der Waals surface area contributed by atoms with E-state index in [1.807, 2.05) is 16.5 Å². The van der Waals surface area contributed by atoms with Crippen LogP contribution in [0, 0.1) is 6.92 Å². The molecule has 0 aliphatic heterocycles. The van der Waals surface area contributed by atoms with Crippen molar-refractivity contribution in [3.63, 3.8) is 0 Å². The number of halogens is 4. The second-order valence-electron chi connectivity index (χ2n) is 6.10. The minimum atomic E-state index is -4.46. The predicted molar refractivity (Wildman–Crippen MR) is 94.1 cm³/mol. The molecule has 9 heteroatoms. The third kappa shape index (κ3) is 3.40. The Morgan fingerprint density at radius 3 is 2.44 bits per heavy atom. The van der Waals surface area contributed by atoms with Crippen molar-refractivity contribution in [3.05, 3.63) is 76.9 Å². The molecule has 0 atom stereocenters. The lowest BCUT2D eigenvalue weighted by atomic mass is 10.1. The van der Waals surface area contributed by atoms with Gasteiger partial charge in [0.15, 0.2) is 5.69 Å². The summed E-state index contributed by atoms with van der Waals surface area (Å²) in [6, 6.07) is 8.18. The first kappa shape index (κ1) is 17.5. The molecule has 0 saturated carbocycles. The van der Waals surface area contributed by atoms with E-state index in [2.05, 4.69) is 15.1 Å². The molecule has 0 aliphatic carbocycles. The summed E-state index contributed by atoms with van der Waals surface area (Å²) in [5.74, 6) is 0.789. The molecule has 138 valence electrons. The van der Waals surface area contributed by atoms with Gasteiger partial charge in [-0.25, -0.2) is 14.6 Å². The molecule has 0 saturated heterocycles. The Hall–Kier alpha value is -2.87. The van der Waals surface area contributed by atoms with Gasteiger partial charge in [-0.3, -0.25) is 4.40 Å². The van der Waals surface area contributed by atoms with Crippen LogP contribution in [0.3, 0.4) is 0 Å². The van der Waals surface area contributed by atoms with Gasteiger partial charge in [-0.05, 0) is 30.7 Å². The monoisotopic (exact) mass is 391 g/mol. The quantitative estimate of drug-likeness (QED) is 0.517. The van der Waals surface area contributed by atoms with Gasteiger partial charge in [0.1, 0.15) is 11.0 Å². The van der Waals surface area contributed by atoms with Crippen molar-refractivity contribution >= 4 is 17.1 Å². The van der Waals surface area contributed by atoms with E-state index in [0.29, 0.717) is 23.0 Å². The summed E-state index contributed by atoms with van der Waals surface area (Å²) >= 11 is 5.94. The Bertz CT molecular complexity index is 1110. The average Bonchev–Trinajstić information content (AvgIpc) is 3.19. The number of imidazole rings is 1. The molecule has 0 unspecified atom stereocenters. The molecule has 0 N–H and O–H groups in total. The van der Waals surface area contributed by atoms with Crippen LogP contribution < -0.4 is 0 Å². The highest BCUT2D eigenvalue weighted by molar-refractivity contribution is 6.29. The molecule has 4 rings (SSSR count). The number of aryl methyl sites for hydroxylation is 1. The van der Waals surface area contributed by atoms with Gasteiger partial charge in [0, 0.05) is 18.3 Å². The third-order valence-electron chi connectivity index (χ3n) is 4.18. The van der Waals surface area contributed by atoms with Crippen molar-refractivity contribution in [1.29, 1.82) is 0 Å². The number of alkyl halides is 3. The number of aromatic nitrogens is 5. The molecule has 1 aromatic carbocycles. The maximum atomic E-state index is 12.8. The first-order valence-electron chi connectivity index (χ1n) is 8.02. The van der Waals surface area contributed by atoms with E-state index in [1.54, 1.807) is 37.6 Å². The molecule has 0 amide bonds. The summed E-state index contributed by atoms with van der Waals surface area (Å²) in [6.45, 7) is 1.59. The Morgan fingerprint density at radius 2 is 1.78 bits per heavy atom. The normalized spacial score (nSPS) is 12.0. The molecule has 0 radical (unpaired) electrons. The Kier molecular flexibility index (Phi) is 4.15. The summed E-state index contributed by atoms with van der Waals surface area (Å²) in [6.07, 6.45) is 1.12. The van der Waals surface area contributed by atoms with Crippen LogP contribution in [-0.2, 0) is 12.6 Å². The van der Waals surface area contributed by atoms with Crippen LogP contribution in [0.4, 0.5) is 13.2 Å². The Labute approximate surface area is 157 Å². The standard InChI is InChI=1S/C18H13ClF3N5/c1-11-6-15(18(20,21)22)25-27(11)13-4-2-12(3-5-13)7-17-24-9-14-8-23-16(19)10-26(14)17/h2-6,8-10H,7H2,1H3. The van der Waals surface area contributed by atoms with E-state index in [4.69, 9.17) is 11.6 Å². The fourth-order valence-corrected chi connectivity index (χ4v) is 3.02. The molecule has 0 bridgehead atoms. The lowest BCUT2D eigenvalue weighted by molar-refractivity contribution is -0.141. The highest BCUT2D eigenvalue weighted by Crippen LogP contribution is 2.29. The zero-order chi connectivity index (χ0) is 19.2. The van der Waals surface area contributed by atoms with Crippen LogP contribution in [0.2, 0.25) is 5.15 Å². The molecule has 0 fully saturated rings. The predicted octanol–water partition coefficient (Wildman–Crippen LogP) is 4.49. The first-order chi connectivity index (χ1) is 12.8. The zero-order valence-electron chi connectivity index (χ0n) is 14.1. The third-order valence-corrected chi connectivity index (χ3v) is 4.37. The van der Waals surface area contributed by atoms with Gasteiger partial charge in [0.25, 0.3) is 0 Å². The van der Waals surface area contributed by atoms with Gasteiger partial charge in [0.05, 0.1) is 23.6 Å². The van der Waals surface area contributed by atoms with E-state index in [0.717, 1.165) is 23.0 Å². The van der Waals surface area contributed by atoms with Gasteiger partial charge < -0.3 is 0 Å². The second-order valence-corrected chi connectivity index (χ2v) is 6.49. The number of hydrogen-bond donors (Lipinski definition) is 0. The summed E-state index contributed by atoms with van der Waals surface area (Å²) in [5, 5.41) is 4.03. The first-order valence-corrected chi connectivity index (χ1v) is 8.40. The summed E-state index contributed by atoms with van der Waals surface area (Å²) in [7, 11) is 0. The number of fused-ring (bicyclic) bond motifs is 1. The van der Waals surface area contributed by atoms with Crippen molar-refractivity contribution in [3.8, 4) is 5.69 Å². The maximum absolute atomic E-state index is 12.8. The van der Waals surface area contributed by atoms with Gasteiger partial charge in [-0.15, -0.1) is 0 Å². The zero-order valence-corrected chi connectivity index (χ0v) is 14.8. The van der Waals surface area contributed by atoms with Crippen LogP contribution in [-0.4, -0.2) is 24.1 Å². The largest absolute Gasteiger partial charge is 0.435 e. The minimum Gasteiger partial charge on any atom is -0.299 e. The Balaban J connectivity index is 1.61. The smallest absolute Gasteiger partial charge is 0.299 e. The van der Waals surface area contributed by atoms with Gasteiger partial charge in [-0.2, -0.15) is 18.3 Å². The summed E-state index contributed by atoms with van der Waals surface area (Å²) in [4.78, 5) is 8.39. The van der Waals surface area contributed by atoms with Crippen molar-refractivity contribution in [2.24, 2.45) is 0 Å². The average molecular weight is 392 g/mol. The van der Waals surface area contributed by atoms with E-state index in [-0.39, 0.29) is 0 Å². The highest BCUT2D eigenvalue weighted by atomic mass is 35.5. The van der Waals surface area contributed by atoms with Crippen molar-refractivity contribution in [1.82, 2.24) is 24.1 Å². The lowest BCUT2D eigenvalue weighted by Crippen LogP contribution is -2.07. The maximum Gasteiger partial charge on any atom is 0.435 e. The Morgan fingerprint density at radius 1 is 1.07 bits per heavy atom. The molecule has 0 spiro atoms. The number of hydrogen-bond acceptors (Lipinski definition) is 3. The van der Waals surface area contributed by atoms with Crippen LogP contribution >= 0.6 is 11.6 Å². The van der Waals surface area contributed by atoms with E-state index < -0.39 is 11.9 Å². The number of benzene rings is 1. The topological polar surface area (TPSA) is 48.0 Å². The van der Waals surface area contributed by atoms with Crippen LogP contribution in [0.5, 0.6) is 0 Å². The molecule has 3 aromatic heterocycles. The molecule has 27 heavy (non-hydrogen) atoms. The van der Waals surface area contributed by atoms with Gasteiger partial charge >= 0.3 is 6.18 Å². The molecule has 0 aliphatic rings. The van der Waals surface area contributed by atoms with Gasteiger partial charge in [-0.1, -0.05) is 23.7 Å². The fraction of sp³-hybridized carbons (Fsp3) is 0.167. The SMILES string of the molecule is Cc1cc(C(F)(F)F)nn1-c1ccc(Cc2ncc3cnc(Cl)cn23)cc1. The molecule has 4 aromatic rings. The van der Waals surface area contributed by atoms with E-state index in [9.17, 15) is 13.2 Å². The number of rotatable bonds is 3. The molecule has 5 nitrogen and oxygen atoms in total. The van der Waals surface area contributed by atoms with Crippen LogP contribution in [0.15, 0.2) is 48.9 Å². The van der Waals surface area contributed by atoms with Gasteiger partial charge in [0.2, 0.25) is 0 Å². The fourth-order valence-electron chi connectivity index (χ4n) is 2.87. The lowest BCUT2D eigenvalue weighted by Gasteiger charge is -2.07. The summed E-state index contributed by atoms with van der Waals surface area (Å²) < 4.78 is 41.6. The summed E-state index contributed by atoms with van der Waals surface area (Å²) in [5.41, 5.74) is 1.86. The van der Waals surface area contributed by atoms with Crippen LogP contribution in [0.1, 0.15) is 22.8 Å². The van der Waals surface area contributed by atoms with E-state index >= 15 is 0 Å². The second kappa shape index (κ2) is 6.38.